The fourth-order valence-corrected chi connectivity index (χ4v) is 3.61. The topological polar surface area (TPSA) is 57.6 Å². The van der Waals surface area contributed by atoms with E-state index in [1.165, 1.54) is 11.1 Å². The fraction of sp³-hybridized carbons (Fsp3) is 0.250. The third kappa shape index (κ3) is 4.39. The molecule has 0 bridgehead atoms. The van der Waals surface area contributed by atoms with Gasteiger partial charge in [0.15, 0.2) is 0 Å². The fourth-order valence-electron chi connectivity index (χ4n) is 3.61. The quantitative estimate of drug-likeness (QED) is 0.715. The van der Waals surface area contributed by atoms with Crippen molar-refractivity contribution in [3.8, 4) is 0 Å². The third-order valence-electron chi connectivity index (χ3n) is 5.27. The van der Waals surface area contributed by atoms with Gasteiger partial charge in [0, 0.05) is 6.42 Å². The number of allylic oxidation sites excluding steroid dienone is 3. The number of rotatable bonds is 6. The molecule has 1 aliphatic heterocycles. The van der Waals surface area contributed by atoms with Crippen LogP contribution in [0.2, 0.25) is 0 Å². The number of carboxylic acid groups (broad SMARTS) is 1. The van der Waals surface area contributed by atoms with Gasteiger partial charge in [0.25, 0.3) is 0 Å². The monoisotopic (exact) mass is 375 g/mol. The van der Waals surface area contributed by atoms with Crippen LogP contribution in [0.1, 0.15) is 54.2 Å². The van der Waals surface area contributed by atoms with E-state index < -0.39 is 5.97 Å². The van der Waals surface area contributed by atoms with Gasteiger partial charge in [-0.15, -0.1) is 0 Å². The first-order chi connectivity index (χ1) is 13.5. The summed E-state index contributed by atoms with van der Waals surface area (Å²) in [6, 6.07) is 16.9. The first kappa shape index (κ1) is 19.6. The average Bonchev–Trinajstić information content (AvgIpc) is 3.08. The zero-order valence-corrected chi connectivity index (χ0v) is 16.2. The molecule has 4 nitrogen and oxygen atoms in total. The van der Waals surface area contributed by atoms with Crippen LogP contribution < -0.4 is 0 Å². The van der Waals surface area contributed by atoms with E-state index in [0.29, 0.717) is 6.42 Å². The van der Waals surface area contributed by atoms with Crippen LogP contribution in [0.4, 0.5) is 0 Å². The van der Waals surface area contributed by atoms with E-state index in [4.69, 9.17) is 5.11 Å². The van der Waals surface area contributed by atoms with Gasteiger partial charge in [-0.2, -0.15) is 0 Å². The van der Waals surface area contributed by atoms with Gasteiger partial charge in [0.2, 0.25) is 5.91 Å². The number of carboxylic acids is 1. The maximum atomic E-state index is 12.5. The molecule has 1 unspecified atom stereocenters. The molecule has 0 radical (unpaired) electrons. The SMILES string of the molecule is CC(=CC=C[C@H]1CCC(=O)N1C(C)c1ccc(C(=O)O)cc1)c1ccccc1. The molecular weight excluding hydrogens is 350 g/mol. The first-order valence-electron chi connectivity index (χ1n) is 9.52. The minimum atomic E-state index is -0.946. The van der Waals surface area contributed by atoms with Crippen LogP contribution in [0.25, 0.3) is 5.57 Å². The lowest BCUT2D eigenvalue weighted by Gasteiger charge is -2.30. The molecule has 2 atom stereocenters. The van der Waals surface area contributed by atoms with E-state index in [-0.39, 0.29) is 23.6 Å². The van der Waals surface area contributed by atoms with Gasteiger partial charge in [-0.25, -0.2) is 4.79 Å². The Morgan fingerprint density at radius 2 is 1.79 bits per heavy atom. The largest absolute Gasteiger partial charge is 0.478 e. The molecule has 0 aliphatic carbocycles. The van der Waals surface area contributed by atoms with Gasteiger partial charge in [0.05, 0.1) is 17.6 Å². The standard InChI is InChI=1S/C24H25NO3/c1-17(19-8-4-3-5-9-19)7-6-10-22-15-16-23(26)25(22)18(2)20-11-13-21(14-12-20)24(27)28/h3-14,18,22H,15-16H2,1-2H3,(H,27,28)/t18?,22-/m0/s1. The number of amides is 1. The Kier molecular flexibility index (Phi) is 6.09. The van der Waals surface area contributed by atoms with Gasteiger partial charge in [-0.3, -0.25) is 4.79 Å². The molecule has 1 saturated heterocycles. The predicted octanol–water partition coefficient (Wildman–Crippen LogP) is 5.10. The number of aromatic carboxylic acids is 1. The molecule has 1 amide bonds. The second kappa shape index (κ2) is 8.70. The smallest absolute Gasteiger partial charge is 0.335 e. The van der Waals surface area contributed by atoms with E-state index in [9.17, 15) is 9.59 Å². The Labute approximate surface area is 165 Å². The van der Waals surface area contributed by atoms with Crippen molar-refractivity contribution in [2.45, 2.75) is 38.8 Å². The molecule has 0 spiro atoms. The van der Waals surface area contributed by atoms with Crippen LogP contribution in [-0.4, -0.2) is 27.9 Å². The van der Waals surface area contributed by atoms with Crippen LogP contribution in [0.3, 0.4) is 0 Å². The summed E-state index contributed by atoms with van der Waals surface area (Å²) in [5.74, 6) is -0.814. The number of hydrogen-bond donors (Lipinski definition) is 1. The van der Waals surface area contributed by atoms with Crippen LogP contribution in [0.15, 0.2) is 72.8 Å². The highest BCUT2D eigenvalue weighted by atomic mass is 16.4. The second-order valence-corrected chi connectivity index (χ2v) is 7.11. The molecule has 144 valence electrons. The maximum absolute atomic E-state index is 12.5. The Bertz CT molecular complexity index is 897. The summed E-state index contributed by atoms with van der Waals surface area (Å²) in [6.45, 7) is 4.06. The summed E-state index contributed by atoms with van der Waals surface area (Å²) >= 11 is 0. The Balaban J connectivity index is 1.74. The van der Waals surface area contributed by atoms with Gasteiger partial charge in [-0.1, -0.05) is 60.7 Å². The highest BCUT2D eigenvalue weighted by molar-refractivity contribution is 5.87. The lowest BCUT2D eigenvalue weighted by molar-refractivity contribution is -0.130. The van der Waals surface area contributed by atoms with Gasteiger partial charge in [-0.05, 0) is 49.1 Å². The third-order valence-corrected chi connectivity index (χ3v) is 5.27. The van der Waals surface area contributed by atoms with Crippen molar-refractivity contribution in [2.24, 2.45) is 0 Å². The van der Waals surface area contributed by atoms with Crippen LogP contribution in [-0.2, 0) is 4.79 Å². The summed E-state index contributed by atoms with van der Waals surface area (Å²) in [4.78, 5) is 25.4. The summed E-state index contributed by atoms with van der Waals surface area (Å²) in [5, 5.41) is 9.06. The number of likely N-dealkylation sites (tertiary alicyclic amines) is 1. The molecule has 0 saturated carbocycles. The molecule has 1 heterocycles. The van der Waals surface area contributed by atoms with Crippen molar-refractivity contribution >= 4 is 17.4 Å². The zero-order chi connectivity index (χ0) is 20.1. The Morgan fingerprint density at radius 1 is 1.11 bits per heavy atom. The summed E-state index contributed by atoms with van der Waals surface area (Å²) in [7, 11) is 0. The average molecular weight is 375 g/mol. The number of carbonyl (C=O) groups is 2. The van der Waals surface area contributed by atoms with Crippen molar-refractivity contribution in [3.05, 3.63) is 89.5 Å². The van der Waals surface area contributed by atoms with E-state index in [1.54, 1.807) is 24.3 Å². The Hall–Kier alpha value is -3.14. The molecule has 2 aromatic rings. The van der Waals surface area contributed by atoms with E-state index in [0.717, 1.165) is 12.0 Å². The number of benzene rings is 2. The number of carbonyl (C=O) groups excluding carboxylic acids is 1. The highest BCUT2D eigenvalue weighted by Gasteiger charge is 2.33. The predicted molar refractivity (Wildman–Crippen MR) is 111 cm³/mol. The van der Waals surface area contributed by atoms with E-state index in [1.807, 2.05) is 36.1 Å². The van der Waals surface area contributed by atoms with Crippen LogP contribution in [0, 0.1) is 0 Å². The van der Waals surface area contributed by atoms with Crippen molar-refractivity contribution in [1.82, 2.24) is 4.90 Å². The number of hydrogen-bond acceptors (Lipinski definition) is 2. The summed E-state index contributed by atoms with van der Waals surface area (Å²) in [6.07, 6.45) is 7.51. The minimum Gasteiger partial charge on any atom is -0.478 e. The molecule has 3 rings (SSSR count). The molecular formula is C24H25NO3. The van der Waals surface area contributed by atoms with Gasteiger partial charge in [0.1, 0.15) is 0 Å². The molecule has 4 heteroatoms. The van der Waals surface area contributed by atoms with Crippen molar-refractivity contribution in [3.63, 3.8) is 0 Å². The molecule has 1 fully saturated rings. The van der Waals surface area contributed by atoms with Gasteiger partial charge < -0.3 is 10.0 Å². The molecule has 28 heavy (non-hydrogen) atoms. The number of nitrogens with zero attached hydrogens (tertiary/aromatic N) is 1. The van der Waals surface area contributed by atoms with Crippen LogP contribution >= 0.6 is 0 Å². The van der Waals surface area contributed by atoms with E-state index in [2.05, 4.69) is 31.2 Å². The molecule has 1 N–H and O–H groups in total. The minimum absolute atomic E-state index is 0.0430. The first-order valence-corrected chi connectivity index (χ1v) is 9.52. The van der Waals surface area contributed by atoms with Crippen molar-refractivity contribution in [2.75, 3.05) is 0 Å². The molecule has 2 aromatic carbocycles. The zero-order valence-electron chi connectivity index (χ0n) is 16.2. The maximum Gasteiger partial charge on any atom is 0.335 e. The van der Waals surface area contributed by atoms with Gasteiger partial charge >= 0.3 is 5.97 Å². The Morgan fingerprint density at radius 3 is 2.43 bits per heavy atom. The second-order valence-electron chi connectivity index (χ2n) is 7.11. The van der Waals surface area contributed by atoms with Crippen molar-refractivity contribution < 1.29 is 14.7 Å². The van der Waals surface area contributed by atoms with E-state index >= 15 is 0 Å². The van der Waals surface area contributed by atoms with Crippen LogP contribution in [0.5, 0.6) is 0 Å². The lowest BCUT2D eigenvalue weighted by atomic mass is 10.0. The lowest BCUT2D eigenvalue weighted by Crippen LogP contribution is -2.34. The summed E-state index contributed by atoms with van der Waals surface area (Å²) < 4.78 is 0. The highest BCUT2D eigenvalue weighted by Crippen LogP contribution is 2.31. The normalized spacial score (nSPS) is 18.6. The summed E-state index contributed by atoms with van der Waals surface area (Å²) in [5.41, 5.74) is 3.54. The van der Waals surface area contributed by atoms with Crippen molar-refractivity contribution in [1.29, 1.82) is 0 Å². The molecule has 0 aromatic heterocycles. The molecule has 1 aliphatic rings.